The van der Waals surface area contributed by atoms with Gasteiger partial charge in [-0.1, -0.05) is 13.3 Å². The number of anilines is 1. The molecule has 1 aromatic heterocycles. The number of rotatable bonds is 10. The maximum Gasteiger partial charge on any atom is 0.144 e. The van der Waals surface area contributed by atoms with E-state index in [0.717, 1.165) is 37.5 Å². The minimum absolute atomic E-state index is 0.483. The second-order valence-corrected chi connectivity index (χ2v) is 3.94. The first-order valence-corrected chi connectivity index (χ1v) is 6.57. The van der Waals surface area contributed by atoms with Crippen molar-refractivity contribution in [3.8, 4) is 0 Å². The summed E-state index contributed by atoms with van der Waals surface area (Å²) >= 11 is 0. The lowest BCUT2D eigenvalue weighted by Crippen LogP contribution is -2.06. The van der Waals surface area contributed by atoms with Crippen molar-refractivity contribution in [2.24, 2.45) is 0 Å². The van der Waals surface area contributed by atoms with Crippen LogP contribution in [0, 0.1) is 0 Å². The lowest BCUT2D eigenvalue weighted by Gasteiger charge is -2.06. The molecule has 0 aliphatic carbocycles. The van der Waals surface area contributed by atoms with Crippen molar-refractivity contribution in [1.82, 2.24) is 9.97 Å². The van der Waals surface area contributed by atoms with Crippen LogP contribution in [0.15, 0.2) is 12.4 Å². The Labute approximate surface area is 109 Å². The van der Waals surface area contributed by atoms with Crippen molar-refractivity contribution >= 4 is 5.82 Å². The van der Waals surface area contributed by atoms with Crippen molar-refractivity contribution in [3.05, 3.63) is 18.1 Å². The summed E-state index contributed by atoms with van der Waals surface area (Å²) in [7, 11) is 0. The molecule has 0 aromatic carbocycles. The van der Waals surface area contributed by atoms with E-state index in [4.69, 9.17) is 9.47 Å². The average molecular weight is 253 g/mol. The number of nitrogens with zero attached hydrogens (tertiary/aromatic N) is 2. The molecule has 0 saturated heterocycles. The van der Waals surface area contributed by atoms with E-state index < -0.39 is 0 Å². The van der Waals surface area contributed by atoms with Gasteiger partial charge >= 0.3 is 0 Å². The molecule has 1 aromatic rings. The number of unbranched alkanes of at least 4 members (excludes halogenated alkanes) is 1. The zero-order valence-electron chi connectivity index (χ0n) is 11.3. The van der Waals surface area contributed by atoms with E-state index in [1.165, 1.54) is 0 Å². The predicted octanol–water partition coefficient (Wildman–Crippen LogP) is 2.24. The van der Waals surface area contributed by atoms with Crippen molar-refractivity contribution in [3.63, 3.8) is 0 Å². The third-order valence-corrected chi connectivity index (χ3v) is 2.33. The largest absolute Gasteiger partial charge is 0.379 e. The van der Waals surface area contributed by atoms with Crippen molar-refractivity contribution < 1.29 is 9.47 Å². The molecule has 0 unspecified atom stereocenters. The Hall–Kier alpha value is -1.20. The molecule has 102 valence electrons. The van der Waals surface area contributed by atoms with Gasteiger partial charge in [0, 0.05) is 13.2 Å². The summed E-state index contributed by atoms with van der Waals surface area (Å²) in [4.78, 5) is 8.48. The number of hydrogen-bond donors (Lipinski definition) is 1. The summed E-state index contributed by atoms with van der Waals surface area (Å²) in [5, 5.41) is 3.10. The van der Waals surface area contributed by atoms with Crippen LogP contribution in [0.2, 0.25) is 0 Å². The molecule has 0 spiro atoms. The first kappa shape index (κ1) is 14.9. The van der Waals surface area contributed by atoms with Crippen LogP contribution < -0.4 is 5.32 Å². The Morgan fingerprint density at radius 1 is 1.06 bits per heavy atom. The standard InChI is InChI=1S/C13H23N3O2/c1-3-5-6-17-7-8-18-11-12-9-16-13(10-15-12)14-4-2/h9-10H,3-8,11H2,1-2H3,(H,14,16). The molecule has 0 atom stereocenters. The Kier molecular flexibility index (Phi) is 8.08. The zero-order chi connectivity index (χ0) is 13.1. The maximum atomic E-state index is 5.45. The molecular formula is C13H23N3O2. The smallest absolute Gasteiger partial charge is 0.144 e. The second kappa shape index (κ2) is 9.79. The van der Waals surface area contributed by atoms with Gasteiger partial charge in [-0.15, -0.1) is 0 Å². The van der Waals surface area contributed by atoms with Crippen molar-refractivity contribution in [1.29, 1.82) is 0 Å². The number of aromatic nitrogens is 2. The van der Waals surface area contributed by atoms with Gasteiger partial charge in [0.05, 0.1) is 37.9 Å². The van der Waals surface area contributed by atoms with Crippen LogP contribution in [0.25, 0.3) is 0 Å². The summed E-state index contributed by atoms with van der Waals surface area (Å²) in [6.45, 7) is 7.56. The van der Waals surface area contributed by atoms with Crippen molar-refractivity contribution in [2.45, 2.75) is 33.3 Å². The van der Waals surface area contributed by atoms with Gasteiger partial charge in [0.15, 0.2) is 0 Å². The fourth-order valence-electron chi connectivity index (χ4n) is 1.34. The highest BCUT2D eigenvalue weighted by Crippen LogP contribution is 2.01. The Balaban J connectivity index is 2.08. The summed E-state index contributed by atoms with van der Waals surface area (Å²) in [6, 6.07) is 0. The number of nitrogens with one attached hydrogen (secondary N) is 1. The van der Waals surface area contributed by atoms with E-state index in [1.807, 2.05) is 6.92 Å². The van der Waals surface area contributed by atoms with Crippen LogP contribution in [0.3, 0.4) is 0 Å². The highest BCUT2D eigenvalue weighted by atomic mass is 16.5. The quantitative estimate of drug-likeness (QED) is 0.648. The first-order chi connectivity index (χ1) is 8.86. The average Bonchev–Trinajstić information content (AvgIpc) is 2.40. The van der Waals surface area contributed by atoms with Crippen LogP contribution >= 0.6 is 0 Å². The summed E-state index contributed by atoms with van der Waals surface area (Å²) in [6.07, 6.45) is 5.72. The van der Waals surface area contributed by atoms with Crippen LogP contribution in [0.4, 0.5) is 5.82 Å². The van der Waals surface area contributed by atoms with E-state index in [2.05, 4.69) is 22.2 Å². The molecule has 0 saturated carbocycles. The van der Waals surface area contributed by atoms with Crippen molar-refractivity contribution in [2.75, 3.05) is 31.7 Å². The fraction of sp³-hybridized carbons (Fsp3) is 0.692. The molecule has 0 fully saturated rings. The van der Waals surface area contributed by atoms with Crippen LogP contribution in [0.1, 0.15) is 32.4 Å². The molecule has 5 nitrogen and oxygen atoms in total. The van der Waals surface area contributed by atoms with E-state index in [1.54, 1.807) is 12.4 Å². The molecule has 0 radical (unpaired) electrons. The van der Waals surface area contributed by atoms with E-state index in [9.17, 15) is 0 Å². The molecule has 0 amide bonds. The SMILES string of the molecule is CCCCOCCOCc1cnc(NCC)cn1. The first-order valence-electron chi connectivity index (χ1n) is 6.57. The normalized spacial score (nSPS) is 10.6. The van der Waals surface area contributed by atoms with Gasteiger partial charge in [-0.05, 0) is 13.3 Å². The van der Waals surface area contributed by atoms with E-state index >= 15 is 0 Å². The summed E-state index contributed by atoms with van der Waals surface area (Å²) in [5.41, 5.74) is 0.838. The summed E-state index contributed by atoms with van der Waals surface area (Å²) in [5.74, 6) is 0.796. The van der Waals surface area contributed by atoms with Gasteiger partial charge in [-0.3, -0.25) is 4.98 Å². The molecule has 0 bridgehead atoms. The molecule has 0 aliphatic rings. The van der Waals surface area contributed by atoms with Crippen LogP contribution in [0.5, 0.6) is 0 Å². The Morgan fingerprint density at radius 2 is 1.89 bits per heavy atom. The molecule has 1 rings (SSSR count). The molecule has 5 heteroatoms. The predicted molar refractivity (Wildman–Crippen MR) is 71.6 cm³/mol. The van der Waals surface area contributed by atoms with Gasteiger partial charge in [0.1, 0.15) is 5.82 Å². The third-order valence-electron chi connectivity index (χ3n) is 2.33. The Bertz CT molecular complexity index is 304. The fourth-order valence-corrected chi connectivity index (χ4v) is 1.34. The van der Waals surface area contributed by atoms with E-state index in [0.29, 0.717) is 19.8 Å². The molecule has 1 heterocycles. The molecule has 1 N–H and O–H groups in total. The highest BCUT2D eigenvalue weighted by Gasteiger charge is 1.97. The number of hydrogen-bond acceptors (Lipinski definition) is 5. The zero-order valence-corrected chi connectivity index (χ0v) is 11.3. The summed E-state index contributed by atoms with van der Waals surface area (Å²) < 4.78 is 10.8. The molecule has 0 aliphatic heterocycles. The van der Waals surface area contributed by atoms with Crippen LogP contribution in [-0.4, -0.2) is 36.3 Å². The molecular weight excluding hydrogens is 230 g/mol. The highest BCUT2D eigenvalue weighted by molar-refractivity contribution is 5.30. The van der Waals surface area contributed by atoms with Gasteiger partial charge in [-0.2, -0.15) is 0 Å². The van der Waals surface area contributed by atoms with Gasteiger partial charge in [0.25, 0.3) is 0 Å². The van der Waals surface area contributed by atoms with E-state index in [-0.39, 0.29) is 0 Å². The van der Waals surface area contributed by atoms with Crippen LogP contribution in [-0.2, 0) is 16.1 Å². The maximum absolute atomic E-state index is 5.45. The lowest BCUT2D eigenvalue weighted by atomic mass is 10.4. The lowest BCUT2D eigenvalue weighted by molar-refractivity contribution is 0.0385. The second-order valence-electron chi connectivity index (χ2n) is 3.94. The monoisotopic (exact) mass is 253 g/mol. The van der Waals surface area contributed by atoms with Gasteiger partial charge in [-0.25, -0.2) is 4.98 Å². The Morgan fingerprint density at radius 3 is 2.56 bits per heavy atom. The number of ether oxygens (including phenoxy) is 2. The topological polar surface area (TPSA) is 56.3 Å². The van der Waals surface area contributed by atoms with Gasteiger partial charge in [0.2, 0.25) is 0 Å². The van der Waals surface area contributed by atoms with Gasteiger partial charge < -0.3 is 14.8 Å². The minimum atomic E-state index is 0.483. The minimum Gasteiger partial charge on any atom is -0.379 e. The third kappa shape index (κ3) is 6.51. The molecule has 18 heavy (non-hydrogen) atoms.